The summed E-state index contributed by atoms with van der Waals surface area (Å²) in [7, 11) is 1.49. The van der Waals surface area contributed by atoms with E-state index >= 15 is 0 Å². The number of carbonyl (C=O) groups excluding carboxylic acids is 1. The zero-order valence-electron chi connectivity index (χ0n) is 9.47. The molecule has 0 fully saturated rings. The van der Waals surface area contributed by atoms with E-state index in [1.165, 1.54) is 26.2 Å². The number of benzene rings is 1. The topological polar surface area (TPSA) is 72.8 Å². The maximum Gasteiger partial charge on any atom is 0.328 e. The summed E-state index contributed by atoms with van der Waals surface area (Å²) in [6, 6.07) is 4.77. The van der Waals surface area contributed by atoms with E-state index in [1.54, 1.807) is 12.1 Å². The van der Waals surface area contributed by atoms with Gasteiger partial charge in [0.15, 0.2) is 0 Å². The Balaban J connectivity index is 3.09. The van der Waals surface area contributed by atoms with E-state index in [-0.39, 0.29) is 5.75 Å². The molecule has 0 aromatic heterocycles. The SMILES string of the molecule is COc1ccc(/C=C\C(=O)O)c(OC(C)=O)c1. The first kappa shape index (κ1) is 12.8. The largest absolute Gasteiger partial charge is 0.497 e. The monoisotopic (exact) mass is 236 g/mol. The summed E-state index contributed by atoms with van der Waals surface area (Å²) in [5.74, 6) is -0.777. The van der Waals surface area contributed by atoms with E-state index in [0.29, 0.717) is 11.3 Å². The first-order valence-electron chi connectivity index (χ1n) is 4.80. The summed E-state index contributed by atoms with van der Waals surface area (Å²) >= 11 is 0. The van der Waals surface area contributed by atoms with Crippen molar-refractivity contribution in [3.05, 3.63) is 29.8 Å². The molecule has 90 valence electrons. The minimum absolute atomic E-state index is 0.259. The molecule has 1 N–H and O–H groups in total. The van der Waals surface area contributed by atoms with Crippen LogP contribution in [0.4, 0.5) is 0 Å². The number of carbonyl (C=O) groups is 2. The summed E-state index contributed by atoms with van der Waals surface area (Å²) in [5, 5.41) is 8.53. The number of aliphatic carboxylic acids is 1. The van der Waals surface area contributed by atoms with Crippen LogP contribution in [0.1, 0.15) is 12.5 Å². The molecule has 0 spiro atoms. The lowest BCUT2D eigenvalue weighted by Gasteiger charge is -2.07. The predicted octanol–water partition coefficient (Wildman–Crippen LogP) is 1.72. The second kappa shape index (κ2) is 5.69. The fourth-order valence-corrected chi connectivity index (χ4v) is 1.18. The lowest BCUT2D eigenvalue weighted by Crippen LogP contribution is -2.03. The van der Waals surface area contributed by atoms with Crippen molar-refractivity contribution < 1.29 is 24.2 Å². The lowest BCUT2D eigenvalue weighted by molar-refractivity contribution is -0.132. The number of carboxylic acids is 1. The van der Waals surface area contributed by atoms with Crippen LogP contribution in [0.15, 0.2) is 24.3 Å². The molecule has 0 atom stereocenters. The number of rotatable bonds is 4. The predicted molar refractivity (Wildman–Crippen MR) is 61.0 cm³/mol. The Kier molecular flexibility index (Phi) is 4.28. The van der Waals surface area contributed by atoms with Gasteiger partial charge in [-0.1, -0.05) is 0 Å². The molecule has 0 unspecified atom stereocenters. The molecule has 5 nitrogen and oxygen atoms in total. The Morgan fingerprint density at radius 1 is 1.35 bits per heavy atom. The Bertz CT molecular complexity index is 462. The molecule has 0 bridgehead atoms. The Labute approximate surface area is 98.3 Å². The molecule has 0 aliphatic carbocycles. The van der Waals surface area contributed by atoms with Gasteiger partial charge in [-0.25, -0.2) is 4.79 Å². The van der Waals surface area contributed by atoms with E-state index in [4.69, 9.17) is 14.6 Å². The minimum atomic E-state index is -1.07. The molecule has 17 heavy (non-hydrogen) atoms. The standard InChI is InChI=1S/C12H12O5/c1-8(13)17-11-7-10(16-2)5-3-9(11)4-6-12(14)15/h3-7H,1-2H3,(H,14,15)/b6-4-. The van der Waals surface area contributed by atoms with Crippen molar-refractivity contribution in [1.82, 2.24) is 0 Å². The molecule has 5 heteroatoms. The fraction of sp³-hybridized carbons (Fsp3) is 0.167. The molecule has 0 aliphatic heterocycles. The number of methoxy groups -OCH3 is 1. The second-order valence-electron chi connectivity index (χ2n) is 3.17. The molecule has 1 aromatic rings. The van der Waals surface area contributed by atoms with Crippen molar-refractivity contribution in [2.24, 2.45) is 0 Å². The van der Waals surface area contributed by atoms with Crippen molar-refractivity contribution >= 4 is 18.0 Å². The highest BCUT2D eigenvalue weighted by molar-refractivity contribution is 5.86. The van der Waals surface area contributed by atoms with Crippen LogP contribution in [0, 0.1) is 0 Å². The fourth-order valence-electron chi connectivity index (χ4n) is 1.18. The Morgan fingerprint density at radius 2 is 2.06 bits per heavy atom. The smallest absolute Gasteiger partial charge is 0.328 e. The van der Waals surface area contributed by atoms with Crippen molar-refractivity contribution in [1.29, 1.82) is 0 Å². The molecule has 0 amide bonds. The van der Waals surface area contributed by atoms with Crippen molar-refractivity contribution in [2.45, 2.75) is 6.92 Å². The van der Waals surface area contributed by atoms with Crippen LogP contribution in [0.25, 0.3) is 6.08 Å². The highest BCUT2D eigenvalue weighted by atomic mass is 16.5. The van der Waals surface area contributed by atoms with E-state index in [2.05, 4.69) is 0 Å². The number of ether oxygens (including phenoxy) is 2. The molecular formula is C12H12O5. The quantitative estimate of drug-likeness (QED) is 0.489. The van der Waals surface area contributed by atoms with Gasteiger partial charge in [0.2, 0.25) is 0 Å². The van der Waals surface area contributed by atoms with Crippen molar-refractivity contribution in [2.75, 3.05) is 7.11 Å². The van der Waals surface area contributed by atoms with E-state index in [0.717, 1.165) is 6.08 Å². The zero-order valence-corrected chi connectivity index (χ0v) is 9.47. The van der Waals surface area contributed by atoms with E-state index in [9.17, 15) is 9.59 Å². The summed E-state index contributed by atoms with van der Waals surface area (Å²) in [5.41, 5.74) is 0.489. The second-order valence-corrected chi connectivity index (χ2v) is 3.17. The molecule has 0 saturated carbocycles. The normalized spacial score (nSPS) is 10.2. The summed E-state index contributed by atoms with van der Waals surface area (Å²) in [6.45, 7) is 1.27. The maximum atomic E-state index is 10.9. The van der Waals surface area contributed by atoms with Crippen LogP contribution < -0.4 is 9.47 Å². The third-order valence-corrected chi connectivity index (χ3v) is 1.88. The maximum absolute atomic E-state index is 10.9. The molecule has 1 rings (SSSR count). The van der Waals surface area contributed by atoms with Crippen LogP contribution in [-0.4, -0.2) is 24.2 Å². The van der Waals surface area contributed by atoms with Gasteiger partial charge in [-0.3, -0.25) is 4.79 Å². The summed E-state index contributed by atoms with van der Waals surface area (Å²) in [6.07, 6.45) is 2.31. The molecule has 1 aromatic carbocycles. The molecule has 0 heterocycles. The summed E-state index contributed by atoms with van der Waals surface area (Å²) in [4.78, 5) is 21.3. The Hall–Kier alpha value is -2.30. The van der Waals surface area contributed by atoms with Crippen molar-refractivity contribution in [3.8, 4) is 11.5 Å². The van der Waals surface area contributed by atoms with Gasteiger partial charge in [-0.15, -0.1) is 0 Å². The third kappa shape index (κ3) is 3.98. The van der Waals surface area contributed by atoms with Crippen LogP contribution in [0.2, 0.25) is 0 Å². The van der Waals surface area contributed by atoms with Crippen LogP contribution >= 0.6 is 0 Å². The Morgan fingerprint density at radius 3 is 2.59 bits per heavy atom. The van der Waals surface area contributed by atoms with Crippen LogP contribution in [-0.2, 0) is 9.59 Å². The number of carboxylic acid groups (broad SMARTS) is 1. The highest BCUT2D eigenvalue weighted by Crippen LogP contribution is 2.26. The highest BCUT2D eigenvalue weighted by Gasteiger charge is 2.06. The molecular weight excluding hydrogens is 224 g/mol. The van der Waals surface area contributed by atoms with E-state index in [1.807, 2.05) is 0 Å². The van der Waals surface area contributed by atoms with Gasteiger partial charge in [0.1, 0.15) is 11.5 Å². The molecule has 0 saturated heterocycles. The number of esters is 1. The van der Waals surface area contributed by atoms with Crippen molar-refractivity contribution in [3.63, 3.8) is 0 Å². The van der Waals surface area contributed by atoms with Crippen LogP contribution in [0.3, 0.4) is 0 Å². The average molecular weight is 236 g/mol. The van der Waals surface area contributed by atoms with Gasteiger partial charge >= 0.3 is 11.9 Å². The lowest BCUT2D eigenvalue weighted by atomic mass is 10.1. The summed E-state index contributed by atoms with van der Waals surface area (Å²) < 4.78 is 9.94. The van der Waals surface area contributed by atoms with Gasteiger partial charge in [0.05, 0.1) is 7.11 Å². The number of hydrogen-bond donors (Lipinski definition) is 1. The number of hydrogen-bond acceptors (Lipinski definition) is 4. The minimum Gasteiger partial charge on any atom is -0.497 e. The third-order valence-electron chi connectivity index (χ3n) is 1.88. The van der Waals surface area contributed by atoms with Gasteiger partial charge in [0.25, 0.3) is 0 Å². The van der Waals surface area contributed by atoms with Gasteiger partial charge < -0.3 is 14.6 Å². The average Bonchev–Trinajstić information content (AvgIpc) is 2.26. The molecule has 0 radical (unpaired) electrons. The first-order valence-corrected chi connectivity index (χ1v) is 4.80. The van der Waals surface area contributed by atoms with Gasteiger partial charge in [-0.05, 0) is 18.2 Å². The zero-order chi connectivity index (χ0) is 12.8. The van der Waals surface area contributed by atoms with Gasteiger partial charge in [-0.2, -0.15) is 0 Å². The molecule has 0 aliphatic rings. The first-order chi connectivity index (χ1) is 8.02. The van der Waals surface area contributed by atoms with Gasteiger partial charge in [0, 0.05) is 24.6 Å². The van der Waals surface area contributed by atoms with Crippen LogP contribution in [0.5, 0.6) is 11.5 Å². The van der Waals surface area contributed by atoms with E-state index < -0.39 is 11.9 Å².